The average Bonchev–Trinajstić information content (AvgIpc) is 2.32. The summed E-state index contributed by atoms with van der Waals surface area (Å²) in [5, 5.41) is 10.4. The summed E-state index contributed by atoms with van der Waals surface area (Å²) in [4.78, 5) is 4.28. The minimum absolute atomic E-state index is 0.643. The lowest BCUT2D eigenvalue weighted by molar-refractivity contribution is 0.213. The molecule has 1 atom stereocenters. The standard InChI is InChI=1S/C15H17NO/c1-10-6-7-11(2)13(9-10)15(17)14-12(3)5-4-8-16-14/h4-9,15,17H,1-3H3. The smallest absolute Gasteiger partial charge is 0.121 e. The molecule has 1 N–H and O–H groups in total. The Bertz CT molecular complexity index is 534. The molecule has 1 heterocycles. The van der Waals surface area contributed by atoms with Crippen molar-refractivity contribution in [2.24, 2.45) is 0 Å². The number of aliphatic hydroxyl groups is 1. The predicted molar refractivity (Wildman–Crippen MR) is 69.0 cm³/mol. The van der Waals surface area contributed by atoms with Crippen LogP contribution in [0.4, 0.5) is 0 Å². The van der Waals surface area contributed by atoms with E-state index < -0.39 is 6.10 Å². The molecule has 1 aromatic heterocycles. The lowest BCUT2D eigenvalue weighted by Crippen LogP contribution is -2.06. The van der Waals surface area contributed by atoms with Gasteiger partial charge in [0.2, 0.25) is 0 Å². The third kappa shape index (κ3) is 2.37. The fraction of sp³-hybridized carbons (Fsp3) is 0.267. The van der Waals surface area contributed by atoms with Gasteiger partial charge < -0.3 is 5.11 Å². The Morgan fingerprint density at radius 1 is 1.06 bits per heavy atom. The van der Waals surface area contributed by atoms with E-state index in [0.29, 0.717) is 0 Å². The zero-order chi connectivity index (χ0) is 12.4. The highest BCUT2D eigenvalue weighted by Gasteiger charge is 2.16. The van der Waals surface area contributed by atoms with Crippen molar-refractivity contribution < 1.29 is 5.11 Å². The summed E-state index contributed by atoms with van der Waals surface area (Å²) < 4.78 is 0. The van der Waals surface area contributed by atoms with Crippen LogP contribution in [0.5, 0.6) is 0 Å². The van der Waals surface area contributed by atoms with Crippen molar-refractivity contribution >= 4 is 0 Å². The Morgan fingerprint density at radius 2 is 1.82 bits per heavy atom. The molecule has 0 aliphatic rings. The molecule has 1 unspecified atom stereocenters. The van der Waals surface area contributed by atoms with Crippen molar-refractivity contribution in [3.63, 3.8) is 0 Å². The predicted octanol–water partition coefficient (Wildman–Crippen LogP) is 3.09. The molecule has 2 heteroatoms. The van der Waals surface area contributed by atoms with Gasteiger partial charge in [-0.1, -0.05) is 29.8 Å². The Hall–Kier alpha value is -1.67. The van der Waals surface area contributed by atoms with E-state index in [9.17, 15) is 5.11 Å². The number of aryl methyl sites for hydroxylation is 3. The van der Waals surface area contributed by atoms with Crippen LogP contribution in [0, 0.1) is 20.8 Å². The van der Waals surface area contributed by atoms with Crippen molar-refractivity contribution in [3.8, 4) is 0 Å². The molecule has 0 aliphatic carbocycles. The van der Waals surface area contributed by atoms with Crippen molar-refractivity contribution in [2.75, 3.05) is 0 Å². The monoisotopic (exact) mass is 227 g/mol. The molecule has 17 heavy (non-hydrogen) atoms. The minimum Gasteiger partial charge on any atom is -0.382 e. The molecule has 0 bridgehead atoms. The molecule has 2 aromatic rings. The van der Waals surface area contributed by atoms with Gasteiger partial charge in [0.05, 0.1) is 5.69 Å². The van der Waals surface area contributed by atoms with Gasteiger partial charge in [-0.3, -0.25) is 4.98 Å². The van der Waals surface area contributed by atoms with Crippen LogP contribution in [0.25, 0.3) is 0 Å². The molecule has 0 radical (unpaired) electrons. The maximum atomic E-state index is 10.4. The number of rotatable bonds is 2. The first kappa shape index (κ1) is 11.8. The van der Waals surface area contributed by atoms with Crippen LogP contribution in [0.3, 0.4) is 0 Å². The van der Waals surface area contributed by atoms with Gasteiger partial charge in [-0.25, -0.2) is 0 Å². The maximum Gasteiger partial charge on any atom is 0.121 e. The SMILES string of the molecule is Cc1ccc(C)c(C(O)c2ncccc2C)c1. The zero-order valence-corrected chi connectivity index (χ0v) is 10.4. The van der Waals surface area contributed by atoms with E-state index in [2.05, 4.69) is 11.1 Å². The van der Waals surface area contributed by atoms with E-state index in [0.717, 1.165) is 27.9 Å². The molecule has 1 aromatic carbocycles. The number of benzene rings is 1. The highest BCUT2D eigenvalue weighted by molar-refractivity contribution is 5.37. The second-order valence-corrected chi connectivity index (χ2v) is 4.47. The summed E-state index contributed by atoms with van der Waals surface area (Å²) in [5.74, 6) is 0. The van der Waals surface area contributed by atoms with E-state index in [1.165, 1.54) is 0 Å². The van der Waals surface area contributed by atoms with Crippen molar-refractivity contribution in [1.29, 1.82) is 0 Å². The molecule has 0 amide bonds. The second-order valence-electron chi connectivity index (χ2n) is 4.47. The fourth-order valence-corrected chi connectivity index (χ4v) is 1.99. The third-order valence-corrected chi connectivity index (χ3v) is 3.04. The Kier molecular flexibility index (Phi) is 3.25. The Morgan fingerprint density at radius 3 is 2.53 bits per heavy atom. The van der Waals surface area contributed by atoms with Crippen LogP contribution in [-0.4, -0.2) is 10.1 Å². The van der Waals surface area contributed by atoms with E-state index in [4.69, 9.17) is 0 Å². The molecule has 0 saturated heterocycles. The average molecular weight is 227 g/mol. The van der Waals surface area contributed by atoms with Gasteiger partial charge in [0.15, 0.2) is 0 Å². The van der Waals surface area contributed by atoms with E-state index in [1.54, 1.807) is 6.20 Å². The van der Waals surface area contributed by atoms with E-state index in [1.807, 2.05) is 45.0 Å². The second kappa shape index (κ2) is 4.68. The van der Waals surface area contributed by atoms with Gasteiger partial charge >= 0.3 is 0 Å². The highest BCUT2D eigenvalue weighted by atomic mass is 16.3. The van der Waals surface area contributed by atoms with Crippen LogP contribution in [0.15, 0.2) is 36.5 Å². The quantitative estimate of drug-likeness (QED) is 0.855. The summed E-state index contributed by atoms with van der Waals surface area (Å²) in [6.07, 6.45) is 1.08. The van der Waals surface area contributed by atoms with Gasteiger partial charge in [-0.15, -0.1) is 0 Å². The summed E-state index contributed by atoms with van der Waals surface area (Å²) in [6.45, 7) is 6.01. The fourth-order valence-electron chi connectivity index (χ4n) is 1.99. The van der Waals surface area contributed by atoms with E-state index >= 15 is 0 Å². The first-order valence-corrected chi connectivity index (χ1v) is 5.76. The van der Waals surface area contributed by atoms with Gasteiger partial charge in [0.1, 0.15) is 6.10 Å². The number of aromatic nitrogens is 1. The molecular formula is C15H17NO. The third-order valence-electron chi connectivity index (χ3n) is 3.04. The summed E-state index contributed by atoms with van der Waals surface area (Å²) in [6, 6.07) is 9.96. The summed E-state index contributed by atoms with van der Waals surface area (Å²) in [7, 11) is 0. The lowest BCUT2D eigenvalue weighted by Gasteiger charge is -2.15. The molecular weight excluding hydrogens is 210 g/mol. The number of pyridine rings is 1. The zero-order valence-electron chi connectivity index (χ0n) is 10.4. The highest BCUT2D eigenvalue weighted by Crippen LogP contribution is 2.26. The molecule has 0 saturated carbocycles. The van der Waals surface area contributed by atoms with Crippen LogP contribution >= 0.6 is 0 Å². The first-order chi connectivity index (χ1) is 8.09. The Balaban J connectivity index is 2.47. The first-order valence-electron chi connectivity index (χ1n) is 5.76. The van der Waals surface area contributed by atoms with Gasteiger partial charge in [0.25, 0.3) is 0 Å². The summed E-state index contributed by atoms with van der Waals surface area (Å²) >= 11 is 0. The summed E-state index contributed by atoms with van der Waals surface area (Å²) in [5.41, 5.74) is 4.93. The largest absolute Gasteiger partial charge is 0.382 e. The van der Waals surface area contributed by atoms with Crippen LogP contribution in [0.1, 0.15) is 34.1 Å². The number of nitrogens with zero attached hydrogens (tertiary/aromatic N) is 1. The normalized spacial score (nSPS) is 12.5. The lowest BCUT2D eigenvalue weighted by atomic mass is 9.97. The molecule has 2 nitrogen and oxygen atoms in total. The molecule has 0 spiro atoms. The van der Waals surface area contributed by atoms with Crippen LogP contribution in [0.2, 0.25) is 0 Å². The molecule has 88 valence electrons. The Labute approximate surface area is 102 Å². The van der Waals surface area contributed by atoms with Crippen molar-refractivity contribution in [2.45, 2.75) is 26.9 Å². The van der Waals surface area contributed by atoms with Crippen LogP contribution < -0.4 is 0 Å². The van der Waals surface area contributed by atoms with Crippen molar-refractivity contribution in [3.05, 3.63) is 64.5 Å². The van der Waals surface area contributed by atoms with E-state index in [-0.39, 0.29) is 0 Å². The van der Waals surface area contributed by atoms with Crippen molar-refractivity contribution in [1.82, 2.24) is 4.98 Å². The van der Waals surface area contributed by atoms with Crippen LogP contribution in [-0.2, 0) is 0 Å². The number of hydrogen-bond acceptors (Lipinski definition) is 2. The minimum atomic E-state index is -0.643. The van der Waals surface area contributed by atoms with Gasteiger partial charge in [-0.05, 0) is 43.5 Å². The van der Waals surface area contributed by atoms with Gasteiger partial charge in [-0.2, -0.15) is 0 Å². The number of aliphatic hydroxyl groups excluding tert-OH is 1. The topological polar surface area (TPSA) is 33.1 Å². The number of hydrogen-bond donors (Lipinski definition) is 1. The molecule has 0 aliphatic heterocycles. The molecule has 2 rings (SSSR count). The van der Waals surface area contributed by atoms with Gasteiger partial charge in [0, 0.05) is 6.20 Å². The maximum absolute atomic E-state index is 10.4. The molecule has 0 fully saturated rings.